The zero-order chi connectivity index (χ0) is 14.3. The first kappa shape index (κ1) is 14.4. The zero-order valence-corrected chi connectivity index (χ0v) is 10.2. The summed E-state index contributed by atoms with van der Waals surface area (Å²) in [5.74, 6) is 0.0946. The van der Waals surface area contributed by atoms with E-state index in [1.54, 1.807) is 18.2 Å². The van der Waals surface area contributed by atoms with Gasteiger partial charge in [-0.2, -0.15) is 0 Å². The van der Waals surface area contributed by atoms with E-state index in [9.17, 15) is 9.59 Å². The monoisotopic (exact) mass is 265 g/mol. The summed E-state index contributed by atoms with van der Waals surface area (Å²) < 4.78 is 5.31. The van der Waals surface area contributed by atoms with Crippen molar-refractivity contribution in [1.82, 2.24) is 5.32 Å². The first-order valence-electron chi connectivity index (χ1n) is 5.45. The van der Waals surface area contributed by atoms with Crippen LogP contribution in [0.15, 0.2) is 30.9 Å². The van der Waals surface area contributed by atoms with Crippen LogP contribution >= 0.6 is 0 Å². The fourth-order valence-corrected chi connectivity index (χ4v) is 1.24. The smallest absolute Gasteiger partial charge is 0.404 e. The summed E-state index contributed by atoms with van der Waals surface area (Å²) >= 11 is 0. The Hall–Kier alpha value is -2.70. The molecule has 1 rings (SSSR count). The van der Waals surface area contributed by atoms with Crippen LogP contribution in [-0.2, 0) is 4.79 Å². The van der Waals surface area contributed by atoms with Crippen molar-refractivity contribution < 1.29 is 19.4 Å². The first-order valence-corrected chi connectivity index (χ1v) is 5.45. The lowest BCUT2D eigenvalue weighted by Gasteiger charge is -2.10. The number of ether oxygens (including phenoxy) is 1. The molecule has 0 spiro atoms. The molecular formula is C12H15N3O4. The summed E-state index contributed by atoms with van der Waals surface area (Å²) in [6.07, 6.45) is 0.0175. The molecule has 2 amide bonds. The van der Waals surface area contributed by atoms with Gasteiger partial charge in [0.15, 0.2) is 0 Å². The number of carbonyl (C=O) groups excluding carboxylic acids is 1. The van der Waals surface area contributed by atoms with Gasteiger partial charge in [0.25, 0.3) is 0 Å². The second-order valence-electron chi connectivity index (χ2n) is 3.52. The van der Waals surface area contributed by atoms with Crippen LogP contribution in [-0.4, -0.2) is 30.3 Å². The van der Waals surface area contributed by atoms with E-state index < -0.39 is 6.09 Å². The van der Waals surface area contributed by atoms with Crippen molar-refractivity contribution in [3.8, 4) is 5.75 Å². The van der Waals surface area contributed by atoms with Gasteiger partial charge in [-0.15, -0.1) is 0 Å². The Labute approximate surface area is 110 Å². The van der Waals surface area contributed by atoms with E-state index in [0.29, 0.717) is 17.1 Å². The maximum Gasteiger partial charge on any atom is 0.404 e. The van der Waals surface area contributed by atoms with E-state index in [4.69, 9.17) is 15.6 Å². The van der Waals surface area contributed by atoms with Gasteiger partial charge in [-0.05, 0) is 18.2 Å². The highest BCUT2D eigenvalue weighted by atomic mass is 16.5. The largest absolute Gasteiger partial charge is 0.492 e. The Kier molecular flexibility index (Phi) is 5.21. The molecule has 1 aromatic rings. The average Bonchev–Trinajstić information content (AvgIpc) is 2.37. The molecule has 102 valence electrons. The molecule has 0 radical (unpaired) electrons. The molecule has 1 aromatic carbocycles. The van der Waals surface area contributed by atoms with Crippen LogP contribution in [0, 0.1) is 0 Å². The van der Waals surface area contributed by atoms with Gasteiger partial charge in [0.1, 0.15) is 12.4 Å². The molecule has 0 bridgehead atoms. The molecule has 0 unspecified atom stereocenters. The maximum atomic E-state index is 11.2. The number of nitrogens with two attached hydrogens (primary N) is 1. The third-order valence-electron chi connectivity index (χ3n) is 2.12. The second-order valence-corrected chi connectivity index (χ2v) is 3.52. The number of hydrogen-bond donors (Lipinski definition) is 4. The second kappa shape index (κ2) is 6.90. The lowest BCUT2D eigenvalue weighted by Crippen LogP contribution is -2.26. The number of hydrogen-bond acceptors (Lipinski definition) is 4. The third-order valence-corrected chi connectivity index (χ3v) is 2.12. The summed E-state index contributed by atoms with van der Waals surface area (Å²) in [7, 11) is 0. The van der Waals surface area contributed by atoms with E-state index in [-0.39, 0.29) is 19.1 Å². The van der Waals surface area contributed by atoms with Crippen LogP contribution in [0.3, 0.4) is 0 Å². The SMILES string of the molecule is C=CC(=O)Nc1cc(OCCNC(=O)O)ccc1N. The summed E-state index contributed by atoms with van der Waals surface area (Å²) in [6.45, 7) is 3.67. The molecule has 19 heavy (non-hydrogen) atoms. The van der Waals surface area contributed by atoms with Gasteiger partial charge >= 0.3 is 6.09 Å². The molecule has 7 heteroatoms. The summed E-state index contributed by atoms with van der Waals surface area (Å²) in [5.41, 5.74) is 6.50. The van der Waals surface area contributed by atoms with Crippen molar-refractivity contribution >= 4 is 23.4 Å². The van der Waals surface area contributed by atoms with Crippen LogP contribution in [0.25, 0.3) is 0 Å². The minimum Gasteiger partial charge on any atom is -0.492 e. The predicted molar refractivity (Wildman–Crippen MR) is 71.2 cm³/mol. The Morgan fingerprint density at radius 2 is 2.21 bits per heavy atom. The van der Waals surface area contributed by atoms with Crippen molar-refractivity contribution in [2.45, 2.75) is 0 Å². The van der Waals surface area contributed by atoms with E-state index in [1.165, 1.54) is 0 Å². The van der Waals surface area contributed by atoms with E-state index >= 15 is 0 Å². The van der Waals surface area contributed by atoms with Gasteiger partial charge in [-0.1, -0.05) is 6.58 Å². The van der Waals surface area contributed by atoms with Crippen molar-refractivity contribution in [3.63, 3.8) is 0 Å². The molecule has 0 heterocycles. The van der Waals surface area contributed by atoms with Gasteiger partial charge in [-0.3, -0.25) is 4.79 Å². The van der Waals surface area contributed by atoms with Crippen LogP contribution in [0.2, 0.25) is 0 Å². The molecule has 0 fully saturated rings. The van der Waals surface area contributed by atoms with E-state index in [0.717, 1.165) is 6.08 Å². The number of benzene rings is 1. The highest BCUT2D eigenvalue weighted by molar-refractivity contribution is 6.01. The number of nitrogens with one attached hydrogen (secondary N) is 2. The Bertz CT molecular complexity index is 488. The van der Waals surface area contributed by atoms with E-state index in [2.05, 4.69) is 17.2 Å². The molecule has 0 aliphatic rings. The molecule has 0 atom stereocenters. The molecule has 0 aliphatic carbocycles. The van der Waals surface area contributed by atoms with Gasteiger partial charge in [0.2, 0.25) is 5.91 Å². The average molecular weight is 265 g/mol. The molecule has 0 aromatic heterocycles. The van der Waals surface area contributed by atoms with Crippen molar-refractivity contribution in [3.05, 3.63) is 30.9 Å². The number of nitrogen functional groups attached to an aromatic ring is 1. The predicted octanol–water partition coefficient (Wildman–Crippen LogP) is 1.04. The number of amides is 2. The van der Waals surface area contributed by atoms with Crippen LogP contribution < -0.4 is 21.1 Å². The van der Waals surface area contributed by atoms with Gasteiger partial charge < -0.3 is 26.2 Å². The Balaban J connectivity index is 2.60. The fraction of sp³-hybridized carbons (Fsp3) is 0.167. The standard InChI is InChI=1S/C12H15N3O4/c1-2-11(16)15-10-7-8(3-4-9(10)13)19-6-5-14-12(17)18/h2-4,7,14H,1,5-6,13H2,(H,15,16)(H,17,18). The maximum absolute atomic E-state index is 11.2. The van der Waals surface area contributed by atoms with Gasteiger partial charge in [-0.25, -0.2) is 4.79 Å². The number of rotatable bonds is 6. The Morgan fingerprint density at radius 3 is 2.84 bits per heavy atom. The molecule has 7 nitrogen and oxygen atoms in total. The number of carboxylic acid groups (broad SMARTS) is 1. The summed E-state index contributed by atoms with van der Waals surface area (Å²) in [6, 6.07) is 4.76. The van der Waals surface area contributed by atoms with E-state index in [1.807, 2.05) is 0 Å². The first-order chi connectivity index (χ1) is 9.02. The fourth-order valence-electron chi connectivity index (χ4n) is 1.24. The van der Waals surface area contributed by atoms with Crippen molar-refractivity contribution in [2.24, 2.45) is 0 Å². The Morgan fingerprint density at radius 1 is 1.47 bits per heavy atom. The zero-order valence-electron chi connectivity index (χ0n) is 10.2. The highest BCUT2D eigenvalue weighted by Crippen LogP contribution is 2.24. The van der Waals surface area contributed by atoms with Crippen LogP contribution in [0.1, 0.15) is 0 Å². The quantitative estimate of drug-likeness (QED) is 0.348. The van der Waals surface area contributed by atoms with Crippen molar-refractivity contribution in [1.29, 1.82) is 0 Å². The molecule has 0 saturated heterocycles. The third kappa shape index (κ3) is 4.99. The molecule has 0 aliphatic heterocycles. The van der Waals surface area contributed by atoms with Crippen molar-refractivity contribution in [2.75, 3.05) is 24.2 Å². The number of carbonyl (C=O) groups is 2. The minimum absolute atomic E-state index is 0.161. The van der Waals surface area contributed by atoms with Gasteiger partial charge in [0, 0.05) is 6.07 Å². The topological polar surface area (TPSA) is 114 Å². The number of anilines is 2. The summed E-state index contributed by atoms with van der Waals surface area (Å²) in [4.78, 5) is 21.4. The van der Waals surface area contributed by atoms with Gasteiger partial charge in [0.05, 0.1) is 17.9 Å². The molecule has 5 N–H and O–H groups in total. The minimum atomic E-state index is -1.11. The molecular weight excluding hydrogens is 250 g/mol. The highest BCUT2D eigenvalue weighted by Gasteiger charge is 2.04. The lowest BCUT2D eigenvalue weighted by atomic mass is 10.2. The normalized spacial score (nSPS) is 9.47. The van der Waals surface area contributed by atoms with Crippen LogP contribution in [0.5, 0.6) is 5.75 Å². The summed E-state index contributed by atoms with van der Waals surface area (Å²) in [5, 5.41) is 13.1. The lowest BCUT2D eigenvalue weighted by molar-refractivity contribution is -0.111. The van der Waals surface area contributed by atoms with Crippen LogP contribution in [0.4, 0.5) is 16.2 Å². The molecule has 0 saturated carbocycles.